The predicted octanol–water partition coefficient (Wildman–Crippen LogP) is 13.8. The van der Waals surface area contributed by atoms with Crippen LogP contribution in [-0.2, 0) is 6.18 Å². The van der Waals surface area contributed by atoms with Crippen LogP contribution in [0.2, 0.25) is 0 Å². The summed E-state index contributed by atoms with van der Waals surface area (Å²) in [5, 5.41) is 2.17. The Morgan fingerprint density at radius 1 is 0.308 bits per heavy atom. The quantitative estimate of drug-likeness (QED) is 0.151. The van der Waals surface area contributed by atoms with E-state index in [4.69, 9.17) is 29.9 Å². The maximum Gasteiger partial charge on any atom is 0.416 e. The van der Waals surface area contributed by atoms with Gasteiger partial charge in [-0.25, -0.2) is 29.9 Å². The fourth-order valence-corrected chi connectivity index (χ4v) is 8.27. The van der Waals surface area contributed by atoms with Gasteiger partial charge in [0.1, 0.15) is 0 Å². The second-order valence-electron chi connectivity index (χ2n) is 15.4. The molecule has 0 N–H and O–H groups in total. The number of halogens is 3. The number of benzene rings is 8. The number of hydrogen-bond donors (Lipinski definition) is 0. The lowest BCUT2D eigenvalue weighted by atomic mass is 9.99. The van der Waals surface area contributed by atoms with Gasteiger partial charge in [-0.15, -0.1) is 0 Å². The van der Waals surface area contributed by atoms with Gasteiger partial charge < -0.3 is 4.57 Å². The zero-order valence-corrected chi connectivity index (χ0v) is 34.4. The molecule has 0 bridgehead atoms. The van der Waals surface area contributed by atoms with E-state index >= 15 is 0 Å². The molecule has 0 fully saturated rings. The summed E-state index contributed by atoms with van der Waals surface area (Å²) in [6.07, 6.45) is -4.49. The van der Waals surface area contributed by atoms with E-state index < -0.39 is 11.7 Å². The Kier molecular flexibility index (Phi) is 9.81. The molecule has 3 heterocycles. The van der Waals surface area contributed by atoms with Gasteiger partial charge in [0.2, 0.25) is 0 Å². The Bertz CT molecular complexity index is 3470. The van der Waals surface area contributed by atoms with E-state index in [2.05, 4.69) is 47.0 Å². The minimum absolute atomic E-state index is 0.224. The maximum absolute atomic E-state index is 13.7. The molecule has 0 spiro atoms. The molecule has 3 aromatic heterocycles. The molecule has 0 radical (unpaired) electrons. The first-order chi connectivity index (χ1) is 31.9. The van der Waals surface area contributed by atoms with Crippen LogP contribution in [0, 0.1) is 0 Å². The highest BCUT2D eigenvalue weighted by atomic mass is 19.4. The van der Waals surface area contributed by atoms with Gasteiger partial charge in [-0.05, 0) is 53.6 Å². The third kappa shape index (κ3) is 7.46. The van der Waals surface area contributed by atoms with Crippen LogP contribution in [0.1, 0.15) is 5.56 Å². The predicted molar refractivity (Wildman–Crippen MR) is 251 cm³/mol. The molecule has 0 unspecified atom stereocenters. The number of hydrogen-bond acceptors (Lipinski definition) is 6. The maximum atomic E-state index is 13.7. The fraction of sp³-hybridized carbons (Fsp3) is 0.0182. The summed E-state index contributed by atoms with van der Waals surface area (Å²) in [5.41, 5.74) is 8.08. The zero-order valence-electron chi connectivity index (χ0n) is 34.4. The van der Waals surface area contributed by atoms with Crippen molar-refractivity contribution in [2.75, 3.05) is 0 Å². The SMILES string of the molecule is FC(F)(F)c1ccc(-c2nc(-c3ccccc3)nc(-c3ccc(-n4c5ccccc5c5ccccc54)c(-c4nc(-c5ccccc5)nc(-c5ccccc5-c5ccccc5)n4)c3)n2)cc1. The molecule has 0 saturated heterocycles. The van der Waals surface area contributed by atoms with Crippen molar-refractivity contribution in [1.29, 1.82) is 0 Å². The van der Waals surface area contributed by atoms with Crippen molar-refractivity contribution in [2.45, 2.75) is 6.18 Å². The smallest absolute Gasteiger partial charge is 0.309 e. The molecule has 0 aliphatic rings. The molecule has 10 heteroatoms. The Morgan fingerprint density at radius 2 is 0.692 bits per heavy atom. The second-order valence-corrected chi connectivity index (χ2v) is 15.4. The number of para-hydroxylation sites is 2. The van der Waals surface area contributed by atoms with Crippen molar-refractivity contribution in [2.24, 2.45) is 0 Å². The third-order valence-corrected chi connectivity index (χ3v) is 11.4. The average molecular weight is 850 g/mol. The van der Waals surface area contributed by atoms with Crippen LogP contribution in [0.25, 0.3) is 107 Å². The van der Waals surface area contributed by atoms with Crippen molar-refractivity contribution in [3.05, 3.63) is 212 Å². The summed E-state index contributed by atoms with van der Waals surface area (Å²) in [4.78, 5) is 30.4. The molecule has 310 valence electrons. The van der Waals surface area contributed by atoms with Crippen LogP contribution in [0.15, 0.2) is 206 Å². The summed E-state index contributed by atoms with van der Waals surface area (Å²) >= 11 is 0. The minimum atomic E-state index is -4.49. The Morgan fingerprint density at radius 3 is 1.23 bits per heavy atom. The summed E-state index contributed by atoms with van der Waals surface area (Å²) < 4.78 is 43.2. The van der Waals surface area contributed by atoms with E-state index in [0.29, 0.717) is 45.8 Å². The molecular formula is C55H34F3N7. The number of aromatic nitrogens is 7. The second kappa shape index (κ2) is 16.2. The van der Waals surface area contributed by atoms with E-state index in [1.165, 1.54) is 12.1 Å². The van der Waals surface area contributed by atoms with Gasteiger partial charge in [0.05, 0.1) is 22.3 Å². The number of alkyl halides is 3. The standard InChI is InChI=1S/C55H34F3N7/c56-55(57,58)40-31-28-38(29-32-40)51-59-49(36-18-6-2-7-19-36)60-52(61-51)39-30-33-48(65-46-26-14-12-23-42(46)43-24-13-15-27-47(43)65)45(34-39)54-63-50(37-20-8-3-9-21-37)62-53(64-54)44-25-11-10-22-41(44)35-16-4-1-5-17-35/h1-34H. The highest BCUT2D eigenvalue weighted by Gasteiger charge is 2.30. The summed E-state index contributed by atoms with van der Waals surface area (Å²) in [5.74, 6) is 2.30. The number of nitrogens with zero attached hydrogens (tertiary/aromatic N) is 7. The lowest BCUT2D eigenvalue weighted by Gasteiger charge is -2.17. The molecule has 0 aliphatic carbocycles. The molecule has 11 rings (SSSR count). The van der Waals surface area contributed by atoms with E-state index in [9.17, 15) is 13.2 Å². The van der Waals surface area contributed by atoms with Gasteiger partial charge in [0.25, 0.3) is 0 Å². The van der Waals surface area contributed by atoms with Crippen LogP contribution >= 0.6 is 0 Å². The molecule has 8 aromatic carbocycles. The molecule has 7 nitrogen and oxygen atoms in total. The topological polar surface area (TPSA) is 82.3 Å². The van der Waals surface area contributed by atoms with Crippen molar-refractivity contribution in [1.82, 2.24) is 34.5 Å². The molecule has 0 atom stereocenters. The van der Waals surface area contributed by atoms with Crippen LogP contribution in [-0.4, -0.2) is 34.5 Å². The summed E-state index contributed by atoms with van der Waals surface area (Å²) in [7, 11) is 0. The lowest BCUT2D eigenvalue weighted by Crippen LogP contribution is -2.06. The van der Waals surface area contributed by atoms with Gasteiger partial charge in [-0.3, -0.25) is 0 Å². The van der Waals surface area contributed by atoms with E-state index in [1.54, 1.807) is 0 Å². The van der Waals surface area contributed by atoms with Crippen LogP contribution < -0.4 is 0 Å². The van der Waals surface area contributed by atoms with Crippen molar-refractivity contribution in [3.8, 4) is 85.1 Å². The third-order valence-electron chi connectivity index (χ3n) is 11.4. The fourth-order valence-electron chi connectivity index (χ4n) is 8.27. The van der Waals surface area contributed by atoms with Gasteiger partial charge in [0, 0.05) is 44.2 Å². The highest BCUT2D eigenvalue weighted by Crippen LogP contribution is 2.39. The molecule has 0 saturated carbocycles. The highest BCUT2D eigenvalue weighted by molar-refractivity contribution is 6.09. The lowest BCUT2D eigenvalue weighted by molar-refractivity contribution is -0.137. The molecule has 11 aromatic rings. The largest absolute Gasteiger partial charge is 0.416 e. The van der Waals surface area contributed by atoms with Crippen LogP contribution in [0.5, 0.6) is 0 Å². The van der Waals surface area contributed by atoms with Gasteiger partial charge >= 0.3 is 6.18 Å². The first kappa shape index (κ1) is 39.2. The monoisotopic (exact) mass is 849 g/mol. The van der Waals surface area contributed by atoms with Crippen molar-refractivity contribution < 1.29 is 13.2 Å². The normalized spacial score (nSPS) is 11.6. The van der Waals surface area contributed by atoms with E-state index in [-0.39, 0.29) is 5.82 Å². The molecule has 65 heavy (non-hydrogen) atoms. The average Bonchev–Trinajstić information content (AvgIpc) is 3.70. The summed E-state index contributed by atoms with van der Waals surface area (Å²) in [6, 6.07) is 64.9. The Labute approximate surface area is 371 Å². The zero-order chi connectivity index (χ0) is 43.9. The Balaban J connectivity index is 1.19. The van der Waals surface area contributed by atoms with Crippen molar-refractivity contribution >= 4 is 21.8 Å². The van der Waals surface area contributed by atoms with E-state index in [0.717, 1.165) is 67.4 Å². The minimum Gasteiger partial charge on any atom is -0.309 e. The first-order valence-electron chi connectivity index (χ1n) is 20.9. The molecule has 0 amide bonds. The summed E-state index contributed by atoms with van der Waals surface area (Å²) in [6.45, 7) is 0. The Hall–Kier alpha value is -8.63. The first-order valence-corrected chi connectivity index (χ1v) is 20.9. The molecule has 0 aliphatic heterocycles. The number of fused-ring (bicyclic) bond motifs is 3. The van der Waals surface area contributed by atoms with Gasteiger partial charge in [-0.2, -0.15) is 13.2 Å². The van der Waals surface area contributed by atoms with Crippen LogP contribution in [0.4, 0.5) is 13.2 Å². The van der Waals surface area contributed by atoms with E-state index in [1.807, 2.05) is 140 Å². The van der Waals surface area contributed by atoms with Crippen molar-refractivity contribution in [3.63, 3.8) is 0 Å². The van der Waals surface area contributed by atoms with Gasteiger partial charge in [-0.1, -0.05) is 164 Å². The van der Waals surface area contributed by atoms with Gasteiger partial charge in [0.15, 0.2) is 34.9 Å². The number of rotatable bonds is 8. The van der Waals surface area contributed by atoms with Crippen LogP contribution in [0.3, 0.4) is 0 Å². The molecular weight excluding hydrogens is 816 g/mol.